The van der Waals surface area contributed by atoms with Crippen LogP contribution in [0.4, 0.5) is 0 Å². The minimum Gasteiger partial charge on any atom is -0.489 e. The van der Waals surface area contributed by atoms with E-state index in [-0.39, 0.29) is 24.7 Å². The molecule has 0 unspecified atom stereocenters. The molecule has 2 aromatic rings. The Bertz CT molecular complexity index is 845. The van der Waals surface area contributed by atoms with Crippen LogP contribution in [0.2, 0.25) is 5.02 Å². The maximum atomic E-state index is 12.0. The van der Waals surface area contributed by atoms with Gasteiger partial charge < -0.3 is 14.4 Å². The number of hydrogen-bond donors (Lipinski definition) is 0. The third-order valence-corrected chi connectivity index (χ3v) is 6.10. The maximum absolute atomic E-state index is 12.0. The highest BCUT2D eigenvalue weighted by atomic mass is 35.5. The number of carbonyl (C=O) groups is 1. The van der Waals surface area contributed by atoms with Gasteiger partial charge in [-0.05, 0) is 36.6 Å². The topological polar surface area (TPSA) is 42.0 Å². The second-order valence-electron chi connectivity index (χ2n) is 7.80. The van der Waals surface area contributed by atoms with E-state index in [9.17, 15) is 4.79 Å². The van der Waals surface area contributed by atoms with Gasteiger partial charge >= 0.3 is 0 Å². The lowest BCUT2D eigenvalue weighted by atomic mass is 10.0. The number of hydrogen-bond acceptors (Lipinski definition) is 4. The number of fused-ring (bicyclic) bond motifs is 1. The van der Waals surface area contributed by atoms with Crippen LogP contribution in [0.15, 0.2) is 48.5 Å². The van der Waals surface area contributed by atoms with E-state index in [1.54, 1.807) is 0 Å². The first-order valence-electron chi connectivity index (χ1n) is 10.1. The second-order valence-corrected chi connectivity index (χ2v) is 8.24. The normalized spacial score (nSPS) is 22.8. The van der Waals surface area contributed by atoms with E-state index in [0.717, 1.165) is 49.4 Å². The van der Waals surface area contributed by atoms with Crippen molar-refractivity contribution < 1.29 is 14.3 Å². The number of ether oxygens (including phenoxy) is 2. The molecule has 2 heterocycles. The number of halogens is 1. The van der Waals surface area contributed by atoms with E-state index in [4.69, 9.17) is 21.1 Å². The highest BCUT2D eigenvalue weighted by Crippen LogP contribution is 2.28. The molecular formula is C23H27ClN2O3. The van der Waals surface area contributed by atoms with Crippen LogP contribution in [0.3, 0.4) is 0 Å². The minimum atomic E-state index is 0.0751. The van der Waals surface area contributed by atoms with Crippen molar-refractivity contribution in [3.05, 3.63) is 64.7 Å². The zero-order valence-electron chi connectivity index (χ0n) is 16.7. The van der Waals surface area contributed by atoms with Crippen LogP contribution in [0.25, 0.3) is 0 Å². The van der Waals surface area contributed by atoms with Crippen LogP contribution in [0, 0.1) is 0 Å². The van der Waals surface area contributed by atoms with Crippen LogP contribution < -0.4 is 4.74 Å². The Labute approximate surface area is 177 Å². The summed E-state index contributed by atoms with van der Waals surface area (Å²) in [6, 6.07) is 16.1. The number of benzene rings is 2. The molecular weight excluding hydrogens is 388 g/mol. The third kappa shape index (κ3) is 4.92. The quantitative estimate of drug-likeness (QED) is 0.747. The first-order chi connectivity index (χ1) is 14.1. The van der Waals surface area contributed by atoms with Gasteiger partial charge in [-0.2, -0.15) is 0 Å². The first-order valence-corrected chi connectivity index (χ1v) is 10.5. The highest BCUT2D eigenvalue weighted by Gasteiger charge is 2.36. The Hall–Kier alpha value is -2.08. The number of nitrogens with zero attached hydrogens (tertiary/aromatic N) is 2. The Morgan fingerprint density at radius 1 is 1.14 bits per heavy atom. The van der Waals surface area contributed by atoms with Gasteiger partial charge in [-0.25, -0.2) is 0 Å². The molecule has 154 valence electrons. The molecule has 2 saturated heterocycles. The molecule has 0 spiro atoms. The largest absolute Gasteiger partial charge is 0.489 e. The van der Waals surface area contributed by atoms with Crippen molar-refractivity contribution in [3.8, 4) is 5.75 Å². The zero-order chi connectivity index (χ0) is 20.2. The molecule has 4 rings (SSSR count). The van der Waals surface area contributed by atoms with Gasteiger partial charge in [0.05, 0.1) is 12.1 Å². The van der Waals surface area contributed by atoms with Gasteiger partial charge in [-0.3, -0.25) is 9.69 Å². The highest BCUT2D eigenvalue weighted by molar-refractivity contribution is 6.30. The van der Waals surface area contributed by atoms with E-state index in [1.807, 2.05) is 48.3 Å². The van der Waals surface area contributed by atoms with Crippen molar-refractivity contribution in [2.24, 2.45) is 0 Å². The van der Waals surface area contributed by atoms with Gasteiger partial charge in [0.15, 0.2) is 0 Å². The minimum absolute atomic E-state index is 0.0751. The lowest BCUT2D eigenvalue weighted by molar-refractivity contribution is -0.154. The van der Waals surface area contributed by atoms with Gasteiger partial charge in [0.1, 0.15) is 19.0 Å². The lowest BCUT2D eigenvalue weighted by Crippen LogP contribution is -2.52. The summed E-state index contributed by atoms with van der Waals surface area (Å²) in [7, 11) is 1.89. The summed E-state index contributed by atoms with van der Waals surface area (Å²) < 4.78 is 11.9. The summed E-state index contributed by atoms with van der Waals surface area (Å²) in [6.45, 7) is 3.33. The van der Waals surface area contributed by atoms with E-state index in [0.29, 0.717) is 11.6 Å². The molecule has 0 bridgehead atoms. The molecule has 2 aromatic carbocycles. The lowest BCUT2D eigenvalue weighted by Gasteiger charge is -2.37. The van der Waals surface area contributed by atoms with Gasteiger partial charge in [0.2, 0.25) is 5.91 Å². The van der Waals surface area contributed by atoms with Crippen molar-refractivity contribution in [1.82, 2.24) is 9.80 Å². The number of likely N-dealkylation sites (N-methyl/N-ethyl adjacent to an activating group) is 1. The van der Waals surface area contributed by atoms with E-state index in [2.05, 4.69) is 17.0 Å². The fraction of sp³-hybridized carbons (Fsp3) is 0.435. The van der Waals surface area contributed by atoms with Crippen LogP contribution in [0.1, 0.15) is 24.0 Å². The standard InChI is InChI=1S/C23H27ClN2O3/c1-25-20-9-11-26(12-10-22(20)29-16-23(25)27)14-18-13-19(24)7-8-21(18)28-15-17-5-3-2-4-6-17/h2-8,13,20,22H,9-12,14-16H2,1H3/t20-,22-/m0/s1. The number of morpholine rings is 1. The number of likely N-dealkylation sites (tertiary alicyclic amines) is 1. The summed E-state index contributed by atoms with van der Waals surface area (Å²) in [5.41, 5.74) is 2.22. The zero-order valence-corrected chi connectivity index (χ0v) is 17.5. The van der Waals surface area contributed by atoms with Crippen LogP contribution in [-0.2, 0) is 22.7 Å². The Morgan fingerprint density at radius 3 is 2.76 bits per heavy atom. The molecule has 2 aliphatic rings. The summed E-state index contributed by atoms with van der Waals surface area (Å²) >= 11 is 6.28. The predicted octanol–water partition coefficient (Wildman–Crippen LogP) is 3.74. The van der Waals surface area contributed by atoms with Gasteiger partial charge in [-0.15, -0.1) is 0 Å². The first kappa shape index (κ1) is 20.2. The molecule has 0 aliphatic carbocycles. The monoisotopic (exact) mass is 414 g/mol. The average molecular weight is 415 g/mol. The molecule has 2 fully saturated rings. The molecule has 2 aliphatic heterocycles. The van der Waals surface area contributed by atoms with Crippen LogP contribution >= 0.6 is 11.6 Å². The molecule has 0 aromatic heterocycles. The molecule has 5 nitrogen and oxygen atoms in total. The molecule has 6 heteroatoms. The van der Waals surface area contributed by atoms with E-state index in [1.165, 1.54) is 0 Å². The van der Waals surface area contributed by atoms with Crippen LogP contribution in [0.5, 0.6) is 5.75 Å². The van der Waals surface area contributed by atoms with Crippen molar-refractivity contribution in [2.45, 2.75) is 38.1 Å². The number of amides is 1. The summed E-state index contributed by atoms with van der Waals surface area (Å²) in [6.07, 6.45) is 1.95. The molecule has 1 amide bonds. The number of carbonyl (C=O) groups excluding carboxylic acids is 1. The van der Waals surface area contributed by atoms with Gasteiger partial charge in [0, 0.05) is 37.3 Å². The Balaban J connectivity index is 1.43. The van der Waals surface area contributed by atoms with Crippen molar-refractivity contribution >= 4 is 17.5 Å². The predicted molar refractivity (Wildman–Crippen MR) is 113 cm³/mol. The summed E-state index contributed by atoms with van der Waals surface area (Å²) in [5, 5.41) is 0.712. The smallest absolute Gasteiger partial charge is 0.248 e. The van der Waals surface area contributed by atoms with Gasteiger partial charge in [0.25, 0.3) is 0 Å². The molecule has 0 saturated carbocycles. The van der Waals surface area contributed by atoms with Crippen LogP contribution in [-0.4, -0.2) is 54.6 Å². The molecule has 0 N–H and O–H groups in total. The van der Waals surface area contributed by atoms with Crippen molar-refractivity contribution in [1.29, 1.82) is 0 Å². The number of rotatable bonds is 5. The van der Waals surface area contributed by atoms with E-state index < -0.39 is 0 Å². The summed E-state index contributed by atoms with van der Waals surface area (Å²) in [5.74, 6) is 0.939. The Kier molecular flexibility index (Phi) is 6.38. The fourth-order valence-electron chi connectivity index (χ4n) is 4.16. The van der Waals surface area contributed by atoms with Crippen molar-refractivity contribution in [2.75, 3.05) is 26.7 Å². The Morgan fingerprint density at radius 2 is 1.93 bits per heavy atom. The maximum Gasteiger partial charge on any atom is 0.248 e. The second kappa shape index (κ2) is 9.16. The third-order valence-electron chi connectivity index (χ3n) is 5.87. The molecule has 2 atom stereocenters. The van der Waals surface area contributed by atoms with Gasteiger partial charge in [-0.1, -0.05) is 41.9 Å². The SMILES string of the molecule is CN1C(=O)CO[C@H]2CCN(Cc3cc(Cl)ccc3OCc3ccccc3)CC[C@@H]21. The fourth-order valence-corrected chi connectivity index (χ4v) is 4.36. The van der Waals surface area contributed by atoms with E-state index >= 15 is 0 Å². The van der Waals surface area contributed by atoms with Crippen molar-refractivity contribution in [3.63, 3.8) is 0 Å². The summed E-state index contributed by atoms with van der Waals surface area (Å²) in [4.78, 5) is 16.2. The molecule has 29 heavy (non-hydrogen) atoms. The average Bonchev–Trinajstić information content (AvgIpc) is 2.94. The molecule has 0 radical (unpaired) electrons.